The van der Waals surface area contributed by atoms with Crippen LogP contribution in [-0.4, -0.2) is 13.2 Å². The Hall–Kier alpha value is -0.930. The molecule has 2 fully saturated rings. The van der Waals surface area contributed by atoms with E-state index in [1.807, 2.05) is 6.07 Å². The highest BCUT2D eigenvalue weighted by molar-refractivity contribution is 5.25. The van der Waals surface area contributed by atoms with Crippen molar-refractivity contribution < 1.29 is 13.9 Å². The molecule has 1 aliphatic carbocycles. The molecule has 1 heterocycles. The van der Waals surface area contributed by atoms with Gasteiger partial charge in [0.2, 0.25) is 0 Å². The van der Waals surface area contributed by atoms with E-state index >= 15 is 0 Å². The van der Waals surface area contributed by atoms with E-state index in [1.165, 1.54) is 77.0 Å². The Morgan fingerprint density at radius 3 is 2.16 bits per heavy atom. The minimum atomic E-state index is -0.541. The number of unbranched alkanes of at least 4 members (excludes halogenated alkanes) is 6. The Bertz CT molecular complexity index is 615. The number of hydrogen-bond acceptors (Lipinski definition) is 2. The first-order valence-corrected chi connectivity index (χ1v) is 13.2. The molecule has 2 nitrogen and oxygen atoms in total. The third-order valence-corrected chi connectivity index (χ3v) is 7.59. The Morgan fingerprint density at radius 2 is 1.48 bits per heavy atom. The van der Waals surface area contributed by atoms with E-state index < -0.39 is 6.29 Å². The molecule has 0 unspecified atom stereocenters. The van der Waals surface area contributed by atoms with Crippen LogP contribution in [0.25, 0.3) is 0 Å². The van der Waals surface area contributed by atoms with Crippen LogP contribution >= 0.6 is 0 Å². The SMILES string of the molecule is CCCCCCCc1ccc(C2OCC([C@H]3CC[C@H](CCCCC)CC3)CO2)c(F)c1. The van der Waals surface area contributed by atoms with Crippen LogP contribution in [0.15, 0.2) is 18.2 Å². The Morgan fingerprint density at radius 1 is 0.806 bits per heavy atom. The molecule has 1 saturated heterocycles. The third kappa shape index (κ3) is 7.86. The molecule has 2 aliphatic rings. The zero-order valence-electron chi connectivity index (χ0n) is 20.0. The maximum absolute atomic E-state index is 14.7. The first-order chi connectivity index (χ1) is 15.2. The number of ether oxygens (including phenoxy) is 2. The quantitative estimate of drug-likeness (QED) is 0.309. The van der Waals surface area contributed by atoms with Gasteiger partial charge in [-0.25, -0.2) is 4.39 Å². The molecule has 1 aromatic carbocycles. The summed E-state index contributed by atoms with van der Waals surface area (Å²) < 4.78 is 26.8. The molecular weight excluding hydrogens is 387 g/mol. The molecule has 176 valence electrons. The molecule has 1 aromatic rings. The van der Waals surface area contributed by atoms with Gasteiger partial charge in [0.05, 0.1) is 13.2 Å². The van der Waals surface area contributed by atoms with Crippen LogP contribution in [0.4, 0.5) is 4.39 Å². The number of aryl methyl sites for hydroxylation is 1. The van der Waals surface area contributed by atoms with Gasteiger partial charge in [-0.05, 0) is 49.1 Å². The van der Waals surface area contributed by atoms with E-state index in [-0.39, 0.29) is 5.82 Å². The van der Waals surface area contributed by atoms with Crippen molar-refractivity contribution in [2.75, 3.05) is 13.2 Å². The molecule has 0 aromatic heterocycles. The maximum atomic E-state index is 14.7. The molecule has 0 bridgehead atoms. The van der Waals surface area contributed by atoms with Gasteiger partial charge in [-0.15, -0.1) is 0 Å². The molecule has 0 amide bonds. The van der Waals surface area contributed by atoms with Crippen LogP contribution in [0.2, 0.25) is 0 Å². The zero-order chi connectivity index (χ0) is 21.9. The highest BCUT2D eigenvalue weighted by atomic mass is 19.1. The number of rotatable bonds is 12. The molecule has 3 heteroatoms. The molecule has 0 N–H and O–H groups in total. The minimum Gasteiger partial charge on any atom is -0.348 e. The second-order valence-corrected chi connectivity index (χ2v) is 10.1. The maximum Gasteiger partial charge on any atom is 0.186 e. The average Bonchev–Trinajstić information content (AvgIpc) is 2.80. The van der Waals surface area contributed by atoms with Gasteiger partial charge in [-0.3, -0.25) is 0 Å². The second kappa shape index (κ2) is 13.6. The van der Waals surface area contributed by atoms with Crippen LogP contribution in [-0.2, 0) is 15.9 Å². The van der Waals surface area contributed by atoms with E-state index in [9.17, 15) is 4.39 Å². The van der Waals surface area contributed by atoms with Gasteiger partial charge in [0, 0.05) is 11.5 Å². The lowest BCUT2D eigenvalue weighted by Gasteiger charge is -2.38. The smallest absolute Gasteiger partial charge is 0.186 e. The molecular formula is C28H45FO2. The van der Waals surface area contributed by atoms with Crippen LogP contribution in [0.1, 0.15) is 115 Å². The zero-order valence-corrected chi connectivity index (χ0v) is 20.0. The van der Waals surface area contributed by atoms with E-state index in [0.717, 1.165) is 24.3 Å². The van der Waals surface area contributed by atoms with Crippen LogP contribution in [0, 0.1) is 23.6 Å². The number of halogens is 1. The van der Waals surface area contributed by atoms with E-state index in [4.69, 9.17) is 9.47 Å². The van der Waals surface area contributed by atoms with Gasteiger partial charge in [-0.2, -0.15) is 0 Å². The summed E-state index contributed by atoms with van der Waals surface area (Å²) in [6.45, 7) is 5.91. The molecule has 1 saturated carbocycles. The van der Waals surface area contributed by atoms with Crippen molar-refractivity contribution in [2.24, 2.45) is 17.8 Å². The second-order valence-electron chi connectivity index (χ2n) is 10.1. The van der Waals surface area contributed by atoms with E-state index in [1.54, 1.807) is 6.07 Å². The molecule has 0 radical (unpaired) electrons. The molecule has 1 aliphatic heterocycles. The standard InChI is InChI=1S/C28H45FO2/c1-3-5-7-8-10-12-23-15-18-26(27(29)19-23)28-30-20-25(21-31-28)24-16-13-22(14-17-24)11-9-6-4-2/h15,18-19,22,24-25,28H,3-14,16-17,20-21H2,1-2H3/t22-,24-,25?,28?. The minimum absolute atomic E-state index is 0.179. The Balaban J connectivity index is 1.39. The predicted octanol–water partition coefficient (Wildman–Crippen LogP) is 8.39. The molecule has 0 atom stereocenters. The third-order valence-electron chi connectivity index (χ3n) is 7.59. The fourth-order valence-electron chi connectivity index (χ4n) is 5.45. The fraction of sp³-hybridized carbons (Fsp3) is 0.786. The van der Waals surface area contributed by atoms with Gasteiger partial charge >= 0.3 is 0 Å². The van der Waals surface area contributed by atoms with Crippen LogP contribution < -0.4 is 0 Å². The lowest BCUT2D eigenvalue weighted by Crippen LogP contribution is -2.34. The average molecular weight is 433 g/mol. The largest absolute Gasteiger partial charge is 0.348 e. The van der Waals surface area contributed by atoms with Crippen molar-refractivity contribution in [3.05, 3.63) is 35.1 Å². The molecule has 0 spiro atoms. The van der Waals surface area contributed by atoms with Crippen molar-refractivity contribution in [2.45, 2.75) is 110 Å². The normalized spacial score (nSPS) is 26.8. The summed E-state index contributed by atoms with van der Waals surface area (Å²) in [5.41, 5.74) is 1.65. The summed E-state index contributed by atoms with van der Waals surface area (Å²) in [4.78, 5) is 0. The summed E-state index contributed by atoms with van der Waals surface area (Å²) >= 11 is 0. The van der Waals surface area contributed by atoms with Gasteiger partial charge in [-0.1, -0.05) is 90.2 Å². The van der Waals surface area contributed by atoms with Crippen molar-refractivity contribution in [1.82, 2.24) is 0 Å². The lowest BCUT2D eigenvalue weighted by molar-refractivity contribution is -0.215. The van der Waals surface area contributed by atoms with Crippen molar-refractivity contribution in [3.8, 4) is 0 Å². The van der Waals surface area contributed by atoms with Gasteiger partial charge in [0.25, 0.3) is 0 Å². The van der Waals surface area contributed by atoms with Crippen molar-refractivity contribution in [1.29, 1.82) is 0 Å². The summed E-state index contributed by atoms with van der Waals surface area (Å²) in [5.74, 6) is 1.93. The summed E-state index contributed by atoms with van der Waals surface area (Å²) in [6, 6.07) is 5.62. The van der Waals surface area contributed by atoms with E-state index in [0.29, 0.717) is 30.6 Å². The monoisotopic (exact) mass is 432 g/mol. The van der Waals surface area contributed by atoms with Gasteiger partial charge in [0.15, 0.2) is 6.29 Å². The lowest BCUT2D eigenvalue weighted by atomic mass is 9.74. The first kappa shape index (κ1) is 24.7. The number of hydrogen-bond donors (Lipinski definition) is 0. The van der Waals surface area contributed by atoms with Gasteiger partial charge < -0.3 is 9.47 Å². The summed E-state index contributed by atoms with van der Waals surface area (Å²) in [6.07, 6.45) is 17.5. The topological polar surface area (TPSA) is 18.5 Å². The first-order valence-electron chi connectivity index (χ1n) is 13.2. The Kier molecular flexibility index (Phi) is 10.8. The highest BCUT2D eigenvalue weighted by Crippen LogP contribution is 2.39. The summed E-state index contributed by atoms with van der Waals surface area (Å²) in [7, 11) is 0. The molecule has 31 heavy (non-hydrogen) atoms. The predicted molar refractivity (Wildman–Crippen MR) is 127 cm³/mol. The summed E-state index contributed by atoms with van der Waals surface area (Å²) in [5, 5.41) is 0. The van der Waals surface area contributed by atoms with Crippen molar-refractivity contribution in [3.63, 3.8) is 0 Å². The fourth-order valence-corrected chi connectivity index (χ4v) is 5.45. The van der Waals surface area contributed by atoms with Gasteiger partial charge in [0.1, 0.15) is 5.82 Å². The van der Waals surface area contributed by atoms with Crippen molar-refractivity contribution >= 4 is 0 Å². The Labute approximate surface area is 190 Å². The van der Waals surface area contributed by atoms with Crippen LogP contribution in [0.3, 0.4) is 0 Å². The highest BCUT2D eigenvalue weighted by Gasteiger charge is 2.33. The number of benzene rings is 1. The molecule has 3 rings (SSSR count). The van der Waals surface area contributed by atoms with Crippen LogP contribution in [0.5, 0.6) is 0 Å². The van der Waals surface area contributed by atoms with E-state index in [2.05, 4.69) is 19.9 Å².